The maximum Gasteiger partial charge on any atom is 0.223 e. The summed E-state index contributed by atoms with van der Waals surface area (Å²) >= 11 is 1.69. The molecule has 152 valence electrons. The Morgan fingerprint density at radius 3 is 2.76 bits per heavy atom. The number of nitrogens with one attached hydrogen (secondary N) is 1. The van der Waals surface area contributed by atoms with Crippen LogP contribution in [0.15, 0.2) is 48.5 Å². The van der Waals surface area contributed by atoms with Crippen molar-refractivity contribution in [1.29, 1.82) is 0 Å². The third-order valence-electron chi connectivity index (χ3n) is 5.50. The van der Waals surface area contributed by atoms with Crippen LogP contribution in [-0.2, 0) is 11.2 Å². The van der Waals surface area contributed by atoms with Gasteiger partial charge in [-0.15, -0.1) is 0 Å². The molecular formula is C23H27N3O2S. The molecule has 4 rings (SSSR count). The third-order valence-corrected chi connectivity index (χ3v) is 6.58. The van der Waals surface area contributed by atoms with Gasteiger partial charge in [0.25, 0.3) is 0 Å². The lowest BCUT2D eigenvalue weighted by Gasteiger charge is -2.31. The lowest BCUT2D eigenvalue weighted by atomic mass is 9.96. The van der Waals surface area contributed by atoms with Gasteiger partial charge in [0.2, 0.25) is 5.91 Å². The van der Waals surface area contributed by atoms with Gasteiger partial charge in [0, 0.05) is 25.6 Å². The summed E-state index contributed by atoms with van der Waals surface area (Å²) in [5, 5.41) is 4.16. The first-order chi connectivity index (χ1) is 14.2. The Hall–Kier alpha value is -2.60. The van der Waals surface area contributed by atoms with Crippen molar-refractivity contribution < 1.29 is 9.53 Å². The van der Waals surface area contributed by atoms with E-state index in [1.165, 1.54) is 5.56 Å². The number of hydrogen-bond donors (Lipinski definition) is 1. The Morgan fingerprint density at radius 2 is 2.00 bits per heavy atom. The van der Waals surface area contributed by atoms with Crippen LogP contribution in [0.1, 0.15) is 24.8 Å². The Morgan fingerprint density at radius 1 is 1.21 bits per heavy atom. The van der Waals surface area contributed by atoms with Gasteiger partial charge >= 0.3 is 0 Å². The number of thiazole rings is 1. The molecule has 2 heterocycles. The zero-order chi connectivity index (χ0) is 20.1. The van der Waals surface area contributed by atoms with Crippen molar-refractivity contribution in [3.63, 3.8) is 0 Å². The van der Waals surface area contributed by atoms with Gasteiger partial charge in [0.1, 0.15) is 5.75 Å². The molecule has 0 aliphatic carbocycles. The van der Waals surface area contributed by atoms with E-state index in [-0.39, 0.29) is 11.8 Å². The van der Waals surface area contributed by atoms with Crippen molar-refractivity contribution in [3.05, 3.63) is 54.1 Å². The summed E-state index contributed by atoms with van der Waals surface area (Å²) in [6.07, 6.45) is 3.74. The number of nitrogens with zero attached hydrogens (tertiary/aromatic N) is 2. The monoisotopic (exact) mass is 409 g/mol. The number of benzene rings is 2. The number of aryl methyl sites for hydroxylation is 1. The first kappa shape index (κ1) is 19.7. The third kappa shape index (κ3) is 4.88. The fraction of sp³-hybridized carbons (Fsp3) is 0.391. The lowest BCUT2D eigenvalue weighted by molar-refractivity contribution is -0.125. The Labute approximate surface area is 175 Å². The first-order valence-electron chi connectivity index (χ1n) is 10.2. The van der Waals surface area contributed by atoms with Gasteiger partial charge in [-0.2, -0.15) is 0 Å². The number of carbonyl (C=O) groups excluding carboxylic acids is 1. The van der Waals surface area contributed by atoms with Crippen molar-refractivity contribution in [2.24, 2.45) is 5.92 Å². The molecule has 1 fully saturated rings. The molecule has 6 heteroatoms. The summed E-state index contributed by atoms with van der Waals surface area (Å²) in [4.78, 5) is 19.6. The van der Waals surface area contributed by atoms with Crippen LogP contribution < -0.4 is 15.0 Å². The fourth-order valence-corrected chi connectivity index (χ4v) is 4.83. The number of carbonyl (C=O) groups is 1. The summed E-state index contributed by atoms with van der Waals surface area (Å²) in [5.74, 6) is 1.17. The molecule has 29 heavy (non-hydrogen) atoms. The van der Waals surface area contributed by atoms with Crippen LogP contribution >= 0.6 is 11.3 Å². The zero-order valence-electron chi connectivity index (χ0n) is 16.8. The van der Waals surface area contributed by atoms with Gasteiger partial charge in [0.05, 0.1) is 17.3 Å². The van der Waals surface area contributed by atoms with Crippen LogP contribution in [0.3, 0.4) is 0 Å². The predicted molar refractivity (Wildman–Crippen MR) is 119 cm³/mol. The smallest absolute Gasteiger partial charge is 0.223 e. The minimum atomic E-state index is 0.109. The highest BCUT2D eigenvalue weighted by Gasteiger charge is 2.26. The highest BCUT2D eigenvalue weighted by molar-refractivity contribution is 7.22. The molecule has 0 bridgehead atoms. The normalized spacial score (nSPS) is 14.9. The van der Waals surface area contributed by atoms with E-state index in [0.717, 1.165) is 66.4 Å². The minimum absolute atomic E-state index is 0.109. The van der Waals surface area contributed by atoms with Crippen molar-refractivity contribution in [2.75, 3.05) is 31.6 Å². The topological polar surface area (TPSA) is 54.5 Å². The highest BCUT2D eigenvalue weighted by atomic mass is 32.1. The van der Waals surface area contributed by atoms with E-state index in [9.17, 15) is 4.79 Å². The van der Waals surface area contributed by atoms with Crippen molar-refractivity contribution in [1.82, 2.24) is 10.3 Å². The molecule has 1 saturated heterocycles. The molecule has 1 aliphatic heterocycles. The SMILES string of the molecule is COc1ccc2nc(N3CCC(C(=O)NCCCc4ccccc4)CC3)sc2c1. The van der Waals surface area contributed by atoms with Crippen molar-refractivity contribution in [2.45, 2.75) is 25.7 Å². The van der Waals surface area contributed by atoms with Crippen LogP contribution in [0.2, 0.25) is 0 Å². The molecule has 0 spiro atoms. The van der Waals surface area contributed by atoms with E-state index >= 15 is 0 Å². The Kier molecular flexibility index (Phi) is 6.30. The van der Waals surface area contributed by atoms with E-state index in [2.05, 4.69) is 34.5 Å². The summed E-state index contributed by atoms with van der Waals surface area (Å²) in [6.45, 7) is 2.49. The Bertz CT molecular complexity index is 949. The van der Waals surface area contributed by atoms with Crippen LogP contribution in [0.25, 0.3) is 10.2 Å². The van der Waals surface area contributed by atoms with E-state index < -0.39 is 0 Å². The molecular weight excluding hydrogens is 382 g/mol. The minimum Gasteiger partial charge on any atom is -0.497 e. The second kappa shape index (κ2) is 9.27. The van der Waals surface area contributed by atoms with Gasteiger partial charge in [0.15, 0.2) is 5.13 Å². The van der Waals surface area contributed by atoms with Crippen molar-refractivity contribution in [3.8, 4) is 5.75 Å². The predicted octanol–water partition coefficient (Wildman–Crippen LogP) is 4.27. The van der Waals surface area contributed by atoms with Crippen LogP contribution in [-0.4, -0.2) is 37.6 Å². The molecule has 0 atom stereocenters. The molecule has 0 saturated carbocycles. The molecule has 0 unspecified atom stereocenters. The highest BCUT2D eigenvalue weighted by Crippen LogP contribution is 2.33. The quantitative estimate of drug-likeness (QED) is 0.592. The number of amides is 1. The van der Waals surface area contributed by atoms with E-state index in [0.29, 0.717) is 0 Å². The molecule has 1 amide bonds. The number of fused-ring (bicyclic) bond motifs is 1. The zero-order valence-corrected chi connectivity index (χ0v) is 17.6. The largest absolute Gasteiger partial charge is 0.497 e. The number of piperidine rings is 1. The van der Waals surface area contributed by atoms with Gasteiger partial charge in [-0.1, -0.05) is 41.7 Å². The molecule has 3 aromatic rings. The van der Waals surface area contributed by atoms with Crippen LogP contribution in [0, 0.1) is 5.92 Å². The second-order valence-electron chi connectivity index (χ2n) is 7.47. The molecule has 2 aromatic carbocycles. The summed E-state index contributed by atoms with van der Waals surface area (Å²) in [6, 6.07) is 16.4. The van der Waals surface area contributed by atoms with E-state index in [1.807, 2.05) is 24.3 Å². The maximum atomic E-state index is 12.5. The number of ether oxygens (including phenoxy) is 1. The second-order valence-corrected chi connectivity index (χ2v) is 8.48. The number of aromatic nitrogens is 1. The van der Waals surface area contributed by atoms with E-state index in [1.54, 1.807) is 18.4 Å². The van der Waals surface area contributed by atoms with Crippen LogP contribution in [0.4, 0.5) is 5.13 Å². The summed E-state index contributed by atoms with van der Waals surface area (Å²) < 4.78 is 6.44. The number of anilines is 1. The molecule has 1 aromatic heterocycles. The summed E-state index contributed by atoms with van der Waals surface area (Å²) in [7, 11) is 1.68. The standard InChI is InChI=1S/C23H27N3O2S/c1-28-19-9-10-20-21(16-19)29-23(25-20)26-14-11-18(12-15-26)22(27)24-13-5-8-17-6-3-2-4-7-17/h2-4,6-7,9-10,16,18H,5,8,11-15H2,1H3,(H,24,27). The van der Waals surface area contributed by atoms with Gasteiger partial charge in [-0.05, 0) is 49.4 Å². The Balaban J connectivity index is 1.24. The molecule has 0 radical (unpaired) electrons. The van der Waals surface area contributed by atoms with Crippen LogP contribution in [0.5, 0.6) is 5.75 Å². The average molecular weight is 410 g/mol. The molecule has 1 N–H and O–H groups in total. The van der Waals surface area contributed by atoms with E-state index in [4.69, 9.17) is 9.72 Å². The lowest BCUT2D eigenvalue weighted by Crippen LogP contribution is -2.40. The number of rotatable bonds is 7. The van der Waals surface area contributed by atoms with Gasteiger partial charge in [-0.25, -0.2) is 4.98 Å². The fourth-order valence-electron chi connectivity index (χ4n) is 3.78. The molecule has 5 nitrogen and oxygen atoms in total. The average Bonchev–Trinajstić information content (AvgIpc) is 3.20. The van der Waals surface area contributed by atoms with Crippen molar-refractivity contribution >= 4 is 32.6 Å². The maximum absolute atomic E-state index is 12.5. The number of hydrogen-bond acceptors (Lipinski definition) is 5. The first-order valence-corrected chi connectivity index (χ1v) is 11.1. The van der Waals surface area contributed by atoms with Gasteiger partial charge in [-0.3, -0.25) is 4.79 Å². The summed E-state index contributed by atoms with van der Waals surface area (Å²) in [5.41, 5.74) is 2.33. The molecule has 1 aliphatic rings. The van der Waals surface area contributed by atoms with Gasteiger partial charge < -0.3 is 15.0 Å². The number of methoxy groups -OCH3 is 1.